The maximum absolute atomic E-state index is 10.8. The van der Waals surface area contributed by atoms with Crippen molar-refractivity contribution in [2.75, 3.05) is 26.8 Å². The zero-order valence-electron chi connectivity index (χ0n) is 16.3. The number of nitrogens with zero attached hydrogens (tertiary/aromatic N) is 1. The predicted octanol–water partition coefficient (Wildman–Crippen LogP) is 3.81. The molecular weight excluding hydrogens is 314 g/mol. The molecule has 4 heteroatoms. The summed E-state index contributed by atoms with van der Waals surface area (Å²) in [6.07, 6.45) is 2.68. The zero-order valence-corrected chi connectivity index (χ0v) is 16.3. The molecule has 1 fully saturated rings. The van der Waals surface area contributed by atoms with E-state index in [4.69, 9.17) is 9.47 Å². The summed E-state index contributed by atoms with van der Waals surface area (Å²) in [5, 5.41) is 10.8. The van der Waals surface area contributed by atoms with Crippen molar-refractivity contribution in [1.82, 2.24) is 4.90 Å². The molecule has 0 saturated carbocycles. The van der Waals surface area contributed by atoms with Crippen molar-refractivity contribution in [1.29, 1.82) is 0 Å². The van der Waals surface area contributed by atoms with Crippen LogP contribution < -0.4 is 9.47 Å². The standard InChI is InChI=1S/C21H33NO3/c1-6-25-20-9-14-7-8-22-13-15(12-21(2,3)4)18(23)11-17(22)16(14)10-19(20)24-5/h9-10,15,17-18,23H,6-8,11-13H2,1-5H3. The van der Waals surface area contributed by atoms with Gasteiger partial charge in [-0.25, -0.2) is 0 Å². The maximum atomic E-state index is 10.8. The summed E-state index contributed by atoms with van der Waals surface area (Å²) in [4.78, 5) is 2.56. The first-order chi connectivity index (χ1) is 11.8. The second kappa shape index (κ2) is 7.16. The molecule has 0 aliphatic carbocycles. The minimum absolute atomic E-state index is 0.232. The molecule has 3 rings (SSSR count). The number of methoxy groups -OCH3 is 1. The number of aliphatic hydroxyl groups excluding tert-OH is 1. The van der Waals surface area contributed by atoms with E-state index in [1.165, 1.54) is 11.1 Å². The largest absolute Gasteiger partial charge is 0.493 e. The Morgan fingerprint density at radius 1 is 1.24 bits per heavy atom. The van der Waals surface area contributed by atoms with Crippen molar-refractivity contribution in [3.8, 4) is 11.5 Å². The third kappa shape index (κ3) is 3.95. The van der Waals surface area contributed by atoms with Crippen LogP contribution >= 0.6 is 0 Å². The molecule has 0 radical (unpaired) electrons. The van der Waals surface area contributed by atoms with Gasteiger partial charge in [0.25, 0.3) is 0 Å². The van der Waals surface area contributed by atoms with Crippen molar-refractivity contribution in [3.05, 3.63) is 23.3 Å². The third-order valence-electron chi connectivity index (χ3n) is 5.55. The Morgan fingerprint density at radius 2 is 2.00 bits per heavy atom. The second-order valence-electron chi connectivity index (χ2n) is 8.72. The summed E-state index contributed by atoms with van der Waals surface area (Å²) in [6.45, 7) is 11.5. The summed E-state index contributed by atoms with van der Waals surface area (Å²) in [5.41, 5.74) is 2.90. The van der Waals surface area contributed by atoms with Gasteiger partial charge >= 0.3 is 0 Å². The Morgan fingerprint density at radius 3 is 2.64 bits per heavy atom. The smallest absolute Gasteiger partial charge is 0.161 e. The van der Waals surface area contributed by atoms with E-state index in [1.807, 2.05) is 6.92 Å². The van der Waals surface area contributed by atoms with Gasteiger partial charge in [0.2, 0.25) is 0 Å². The predicted molar refractivity (Wildman–Crippen MR) is 100 cm³/mol. The highest BCUT2D eigenvalue weighted by Crippen LogP contribution is 2.44. The zero-order chi connectivity index (χ0) is 18.2. The van der Waals surface area contributed by atoms with Gasteiger partial charge in [0.15, 0.2) is 11.5 Å². The van der Waals surface area contributed by atoms with Crippen molar-refractivity contribution in [2.24, 2.45) is 11.3 Å². The molecule has 0 aromatic heterocycles. The highest BCUT2D eigenvalue weighted by atomic mass is 16.5. The molecule has 0 spiro atoms. The van der Waals surface area contributed by atoms with Gasteiger partial charge in [0.1, 0.15) is 0 Å². The van der Waals surface area contributed by atoms with Gasteiger partial charge in [-0.2, -0.15) is 0 Å². The molecule has 1 aromatic rings. The van der Waals surface area contributed by atoms with E-state index in [9.17, 15) is 5.11 Å². The lowest BCUT2D eigenvalue weighted by atomic mass is 9.75. The average Bonchev–Trinajstić information content (AvgIpc) is 2.54. The van der Waals surface area contributed by atoms with E-state index in [-0.39, 0.29) is 11.5 Å². The highest BCUT2D eigenvalue weighted by Gasteiger charge is 2.39. The minimum atomic E-state index is -0.232. The fourth-order valence-electron chi connectivity index (χ4n) is 4.51. The van der Waals surface area contributed by atoms with Gasteiger partial charge in [0, 0.05) is 19.1 Å². The lowest BCUT2D eigenvalue weighted by Gasteiger charge is -2.47. The number of ether oxygens (including phenoxy) is 2. The Balaban J connectivity index is 1.85. The molecule has 0 bridgehead atoms. The Hall–Kier alpha value is -1.26. The number of piperidine rings is 1. The number of benzene rings is 1. The maximum Gasteiger partial charge on any atom is 0.161 e. The SMILES string of the molecule is CCOc1cc2c(cc1OC)C1CC(O)C(CC(C)(C)C)CN1CC2. The van der Waals surface area contributed by atoms with E-state index in [0.29, 0.717) is 18.6 Å². The summed E-state index contributed by atoms with van der Waals surface area (Å²) in [5.74, 6) is 2.00. The van der Waals surface area contributed by atoms with Crippen molar-refractivity contribution in [3.63, 3.8) is 0 Å². The minimum Gasteiger partial charge on any atom is -0.493 e. The molecular formula is C21H33NO3. The van der Waals surface area contributed by atoms with E-state index >= 15 is 0 Å². The lowest BCUT2D eigenvalue weighted by molar-refractivity contribution is -0.0259. The fourth-order valence-corrected chi connectivity index (χ4v) is 4.51. The van der Waals surface area contributed by atoms with E-state index in [2.05, 4.69) is 37.8 Å². The van der Waals surface area contributed by atoms with Crippen LogP contribution in [0.5, 0.6) is 11.5 Å². The molecule has 2 aliphatic heterocycles. The number of hydrogen-bond donors (Lipinski definition) is 1. The van der Waals surface area contributed by atoms with E-state index in [1.54, 1.807) is 7.11 Å². The summed E-state index contributed by atoms with van der Waals surface area (Å²) in [6, 6.07) is 4.57. The third-order valence-corrected chi connectivity index (χ3v) is 5.55. The Kier molecular flexibility index (Phi) is 5.31. The molecule has 4 nitrogen and oxygen atoms in total. The molecule has 3 unspecified atom stereocenters. The normalized spacial score (nSPS) is 26.7. The first-order valence-electron chi connectivity index (χ1n) is 9.58. The van der Waals surface area contributed by atoms with Gasteiger partial charge < -0.3 is 14.6 Å². The average molecular weight is 347 g/mol. The fraction of sp³-hybridized carbons (Fsp3) is 0.714. The quantitative estimate of drug-likeness (QED) is 0.899. The van der Waals surface area contributed by atoms with Crippen LogP contribution in [0.4, 0.5) is 0 Å². The van der Waals surface area contributed by atoms with Gasteiger partial charge in [-0.3, -0.25) is 4.90 Å². The van der Waals surface area contributed by atoms with Crippen LogP contribution in [0.1, 0.15) is 57.7 Å². The highest BCUT2D eigenvalue weighted by molar-refractivity contribution is 5.49. The van der Waals surface area contributed by atoms with E-state index < -0.39 is 0 Å². The summed E-state index contributed by atoms with van der Waals surface area (Å²) < 4.78 is 11.3. The number of rotatable bonds is 4. The van der Waals surface area contributed by atoms with Crippen LogP contribution in [-0.4, -0.2) is 42.9 Å². The summed E-state index contributed by atoms with van der Waals surface area (Å²) >= 11 is 0. The number of fused-ring (bicyclic) bond motifs is 3. The molecule has 25 heavy (non-hydrogen) atoms. The monoisotopic (exact) mass is 347 g/mol. The van der Waals surface area contributed by atoms with Crippen LogP contribution in [0.2, 0.25) is 0 Å². The van der Waals surface area contributed by atoms with Crippen molar-refractivity contribution >= 4 is 0 Å². The summed E-state index contributed by atoms with van der Waals surface area (Å²) in [7, 11) is 1.69. The second-order valence-corrected chi connectivity index (χ2v) is 8.72. The van der Waals surface area contributed by atoms with Crippen molar-refractivity contribution < 1.29 is 14.6 Å². The molecule has 2 aliphatic rings. The Bertz CT molecular complexity index is 608. The molecule has 1 aromatic carbocycles. The lowest BCUT2D eigenvalue weighted by Crippen LogP contribution is -2.48. The van der Waals surface area contributed by atoms with E-state index in [0.717, 1.165) is 43.9 Å². The van der Waals surface area contributed by atoms with Crippen molar-refractivity contribution in [2.45, 2.75) is 59.1 Å². The Labute approximate surface area is 152 Å². The van der Waals surface area contributed by atoms with Crippen LogP contribution in [0, 0.1) is 11.3 Å². The van der Waals surface area contributed by atoms with Gasteiger partial charge in [-0.1, -0.05) is 20.8 Å². The first kappa shape index (κ1) is 18.5. The molecule has 0 amide bonds. The van der Waals surface area contributed by atoms with Crippen LogP contribution in [-0.2, 0) is 6.42 Å². The first-order valence-corrected chi connectivity index (χ1v) is 9.58. The molecule has 3 atom stereocenters. The van der Waals surface area contributed by atoms with Crippen LogP contribution in [0.25, 0.3) is 0 Å². The van der Waals surface area contributed by atoms with Gasteiger partial charge in [-0.15, -0.1) is 0 Å². The van der Waals surface area contributed by atoms with Gasteiger partial charge in [-0.05, 0) is 60.8 Å². The van der Waals surface area contributed by atoms with Crippen LogP contribution in [0.15, 0.2) is 12.1 Å². The molecule has 140 valence electrons. The number of aliphatic hydroxyl groups is 1. The van der Waals surface area contributed by atoms with Crippen LogP contribution in [0.3, 0.4) is 0 Å². The molecule has 2 heterocycles. The number of hydrogen-bond acceptors (Lipinski definition) is 4. The molecule has 1 N–H and O–H groups in total. The topological polar surface area (TPSA) is 41.9 Å². The molecule has 1 saturated heterocycles. The van der Waals surface area contributed by atoms with Gasteiger partial charge in [0.05, 0.1) is 19.8 Å².